The van der Waals surface area contributed by atoms with Gasteiger partial charge in [0.1, 0.15) is 11.6 Å². The molecule has 0 fully saturated rings. The van der Waals surface area contributed by atoms with Gasteiger partial charge in [-0.1, -0.05) is 30.3 Å². The van der Waals surface area contributed by atoms with E-state index in [9.17, 15) is 9.18 Å². The van der Waals surface area contributed by atoms with Gasteiger partial charge in [-0.3, -0.25) is 0 Å². The summed E-state index contributed by atoms with van der Waals surface area (Å²) in [6.45, 7) is 2.34. The first kappa shape index (κ1) is 17.9. The zero-order chi connectivity index (χ0) is 18.5. The molecule has 0 bridgehead atoms. The molecule has 0 saturated heterocycles. The Morgan fingerprint density at radius 1 is 1.23 bits per heavy atom. The summed E-state index contributed by atoms with van der Waals surface area (Å²) in [5.41, 5.74) is 2.47. The Balaban J connectivity index is 1.48. The fourth-order valence-corrected chi connectivity index (χ4v) is 2.90. The molecule has 1 aromatic heterocycles. The number of carbonyl (C=O) groups is 1. The molecule has 26 heavy (non-hydrogen) atoms. The molecule has 0 aliphatic heterocycles. The number of aromatic nitrogens is 2. The van der Waals surface area contributed by atoms with Crippen molar-refractivity contribution in [2.45, 2.75) is 25.8 Å². The number of urea groups is 1. The Morgan fingerprint density at radius 3 is 2.73 bits per heavy atom. The lowest BCUT2D eigenvalue weighted by Crippen LogP contribution is -2.39. The second kappa shape index (κ2) is 7.99. The van der Waals surface area contributed by atoms with Gasteiger partial charge >= 0.3 is 6.03 Å². The Bertz CT molecular complexity index is 859. The maximum Gasteiger partial charge on any atom is 0.317 e. The quantitative estimate of drug-likeness (QED) is 0.656. The molecular formula is C20H23FN4O. The molecule has 2 amide bonds. The molecule has 5 nitrogen and oxygen atoms in total. The average Bonchev–Trinajstić information content (AvgIpc) is 3.07. The van der Waals surface area contributed by atoms with Crippen LogP contribution in [0.3, 0.4) is 0 Å². The van der Waals surface area contributed by atoms with Crippen LogP contribution in [-0.2, 0) is 6.42 Å². The van der Waals surface area contributed by atoms with Gasteiger partial charge < -0.3 is 15.2 Å². The number of halogens is 1. The van der Waals surface area contributed by atoms with Crippen molar-refractivity contribution in [2.75, 3.05) is 13.6 Å². The minimum Gasteiger partial charge on any atom is -0.342 e. The van der Waals surface area contributed by atoms with Crippen LogP contribution < -0.4 is 5.32 Å². The van der Waals surface area contributed by atoms with E-state index in [1.165, 1.54) is 11.0 Å². The van der Waals surface area contributed by atoms with Gasteiger partial charge in [-0.25, -0.2) is 14.2 Å². The zero-order valence-electron chi connectivity index (χ0n) is 15.0. The van der Waals surface area contributed by atoms with Crippen LogP contribution in [0.15, 0.2) is 48.5 Å². The minimum atomic E-state index is -0.341. The molecule has 1 heterocycles. The Labute approximate surface area is 152 Å². The van der Waals surface area contributed by atoms with Crippen LogP contribution >= 0.6 is 0 Å². The number of para-hydroxylation sites is 2. The standard InChI is InChI=1S/C20H23FN4O/c1-14(15-8-3-4-9-16(15)21)25(2)20(26)22-13-7-12-19-23-17-10-5-6-11-18(17)24-19/h3-6,8-11,14H,7,12-13H2,1-2H3,(H,22,26)(H,23,24). The lowest BCUT2D eigenvalue weighted by atomic mass is 10.1. The number of benzene rings is 2. The van der Waals surface area contributed by atoms with Crippen LogP contribution in [0.5, 0.6) is 0 Å². The average molecular weight is 354 g/mol. The number of imidazole rings is 1. The predicted octanol–water partition coefficient (Wildman–Crippen LogP) is 4.04. The number of carbonyl (C=O) groups excluding carboxylic acids is 1. The van der Waals surface area contributed by atoms with Gasteiger partial charge in [0.05, 0.1) is 17.1 Å². The van der Waals surface area contributed by atoms with Crippen molar-refractivity contribution in [1.82, 2.24) is 20.2 Å². The highest BCUT2D eigenvalue weighted by Crippen LogP contribution is 2.21. The third-order valence-corrected chi connectivity index (χ3v) is 4.56. The smallest absolute Gasteiger partial charge is 0.317 e. The zero-order valence-corrected chi connectivity index (χ0v) is 15.0. The van der Waals surface area contributed by atoms with E-state index in [-0.39, 0.29) is 17.9 Å². The third-order valence-electron chi connectivity index (χ3n) is 4.56. The Morgan fingerprint density at radius 2 is 1.96 bits per heavy atom. The minimum absolute atomic E-state index is 0.217. The summed E-state index contributed by atoms with van der Waals surface area (Å²) < 4.78 is 13.9. The van der Waals surface area contributed by atoms with Crippen LogP contribution in [0.1, 0.15) is 30.8 Å². The maximum absolute atomic E-state index is 13.9. The van der Waals surface area contributed by atoms with E-state index in [1.807, 2.05) is 31.2 Å². The first-order valence-electron chi connectivity index (χ1n) is 8.75. The Hall–Kier alpha value is -2.89. The molecule has 2 N–H and O–H groups in total. The third kappa shape index (κ3) is 4.02. The number of aryl methyl sites for hydroxylation is 1. The number of rotatable bonds is 6. The fourth-order valence-electron chi connectivity index (χ4n) is 2.90. The highest BCUT2D eigenvalue weighted by molar-refractivity contribution is 5.75. The summed E-state index contributed by atoms with van der Waals surface area (Å²) in [4.78, 5) is 21.6. The van der Waals surface area contributed by atoms with Crippen LogP contribution in [0.4, 0.5) is 9.18 Å². The summed E-state index contributed by atoms with van der Waals surface area (Å²) >= 11 is 0. The molecule has 1 atom stereocenters. The van der Waals surface area contributed by atoms with Crippen LogP contribution in [-0.4, -0.2) is 34.5 Å². The van der Waals surface area contributed by atoms with E-state index in [0.717, 1.165) is 29.7 Å². The molecule has 6 heteroatoms. The summed E-state index contributed by atoms with van der Waals surface area (Å²) in [5, 5.41) is 2.88. The van der Waals surface area contributed by atoms with Crippen molar-refractivity contribution >= 4 is 17.1 Å². The first-order chi connectivity index (χ1) is 12.6. The second-order valence-corrected chi connectivity index (χ2v) is 6.34. The van der Waals surface area contributed by atoms with Gasteiger partial charge in [-0.05, 0) is 31.5 Å². The number of amides is 2. The van der Waals surface area contributed by atoms with E-state index in [4.69, 9.17) is 0 Å². The topological polar surface area (TPSA) is 61.0 Å². The number of nitrogens with one attached hydrogen (secondary N) is 2. The summed E-state index contributed by atoms with van der Waals surface area (Å²) in [6.07, 6.45) is 1.52. The molecule has 0 aliphatic rings. The highest BCUT2D eigenvalue weighted by Gasteiger charge is 2.19. The van der Waals surface area contributed by atoms with Crippen LogP contribution in [0.25, 0.3) is 11.0 Å². The van der Waals surface area contributed by atoms with Gasteiger partial charge in [0.2, 0.25) is 0 Å². The maximum atomic E-state index is 13.9. The van der Waals surface area contributed by atoms with E-state index in [0.29, 0.717) is 12.1 Å². The van der Waals surface area contributed by atoms with E-state index in [2.05, 4.69) is 15.3 Å². The van der Waals surface area contributed by atoms with E-state index < -0.39 is 0 Å². The molecule has 136 valence electrons. The SMILES string of the molecule is CC(c1ccccc1F)N(C)C(=O)NCCCc1nc2ccccc2[nH]1. The molecule has 0 spiro atoms. The summed E-state index contributed by atoms with van der Waals surface area (Å²) in [7, 11) is 1.67. The largest absolute Gasteiger partial charge is 0.342 e. The molecule has 0 saturated carbocycles. The number of fused-ring (bicyclic) bond motifs is 1. The number of hydrogen-bond donors (Lipinski definition) is 2. The molecule has 3 aromatic rings. The predicted molar refractivity (Wildman–Crippen MR) is 100 cm³/mol. The number of aromatic amines is 1. The Kier molecular flexibility index (Phi) is 5.51. The van der Waals surface area contributed by atoms with E-state index >= 15 is 0 Å². The van der Waals surface area contributed by atoms with Gasteiger partial charge in [-0.15, -0.1) is 0 Å². The number of H-pyrrole nitrogens is 1. The normalized spacial score (nSPS) is 12.1. The number of hydrogen-bond acceptors (Lipinski definition) is 2. The fraction of sp³-hybridized carbons (Fsp3) is 0.300. The summed E-state index contributed by atoms with van der Waals surface area (Å²) in [5.74, 6) is 0.609. The van der Waals surface area contributed by atoms with Crippen molar-refractivity contribution in [3.05, 3.63) is 65.7 Å². The molecule has 3 rings (SSSR count). The second-order valence-electron chi connectivity index (χ2n) is 6.34. The van der Waals surface area contributed by atoms with Crippen molar-refractivity contribution < 1.29 is 9.18 Å². The molecule has 0 radical (unpaired) electrons. The lowest BCUT2D eigenvalue weighted by Gasteiger charge is -2.25. The molecule has 0 aliphatic carbocycles. The van der Waals surface area contributed by atoms with Crippen molar-refractivity contribution in [3.63, 3.8) is 0 Å². The van der Waals surface area contributed by atoms with Gasteiger partial charge in [0.25, 0.3) is 0 Å². The van der Waals surface area contributed by atoms with Crippen molar-refractivity contribution in [2.24, 2.45) is 0 Å². The van der Waals surface area contributed by atoms with Crippen molar-refractivity contribution in [3.8, 4) is 0 Å². The van der Waals surface area contributed by atoms with Crippen molar-refractivity contribution in [1.29, 1.82) is 0 Å². The highest BCUT2D eigenvalue weighted by atomic mass is 19.1. The van der Waals surface area contributed by atoms with Crippen LogP contribution in [0, 0.1) is 5.82 Å². The van der Waals surface area contributed by atoms with Crippen LogP contribution in [0.2, 0.25) is 0 Å². The lowest BCUT2D eigenvalue weighted by molar-refractivity contribution is 0.193. The molecule has 2 aromatic carbocycles. The van der Waals surface area contributed by atoms with Gasteiger partial charge in [0, 0.05) is 25.6 Å². The van der Waals surface area contributed by atoms with Gasteiger partial charge in [0.15, 0.2) is 0 Å². The molecule has 1 unspecified atom stereocenters. The summed E-state index contributed by atoms with van der Waals surface area (Å²) in [6, 6.07) is 13.9. The van der Waals surface area contributed by atoms with Gasteiger partial charge in [-0.2, -0.15) is 0 Å². The molecular weight excluding hydrogens is 331 g/mol. The van der Waals surface area contributed by atoms with E-state index in [1.54, 1.807) is 25.2 Å². The first-order valence-corrected chi connectivity index (χ1v) is 8.75. The monoisotopic (exact) mass is 354 g/mol. The number of nitrogens with zero attached hydrogens (tertiary/aromatic N) is 2.